The van der Waals surface area contributed by atoms with Gasteiger partial charge in [-0.25, -0.2) is 4.98 Å². The van der Waals surface area contributed by atoms with Crippen LogP contribution in [0.2, 0.25) is 0 Å². The summed E-state index contributed by atoms with van der Waals surface area (Å²) in [5, 5.41) is 0. The van der Waals surface area contributed by atoms with Gasteiger partial charge in [-0.15, -0.1) is 0 Å². The van der Waals surface area contributed by atoms with Gasteiger partial charge in [-0.1, -0.05) is 13.8 Å². The van der Waals surface area contributed by atoms with Crippen LogP contribution in [0, 0.1) is 5.92 Å². The molecule has 0 saturated carbocycles. The summed E-state index contributed by atoms with van der Waals surface area (Å²) >= 11 is 3.34. The van der Waals surface area contributed by atoms with Crippen LogP contribution in [-0.4, -0.2) is 36.7 Å². The van der Waals surface area contributed by atoms with Crippen molar-refractivity contribution >= 4 is 21.9 Å². The van der Waals surface area contributed by atoms with E-state index in [1.54, 1.807) is 13.3 Å². The molecule has 0 spiro atoms. The Labute approximate surface area is 111 Å². The molecule has 1 aromatic heterocycles. The molecule has 17 heavy (non-hydrogen) atoms. The van der Waals surface area contributed by atoms with Gasteiger partial charge >= 0.3 is 0 Å². The van der Waals surface area contributed by atoms with Crippen LogP contribution in [0.3, 0.4) is 0 Å². The van der Waals surface area contributed by atoms with Crippen LogP contribution in [-0.2, 0) is 0 Å². The molecule has 0 aromatic carbocycles. The lowest BCUT2D eigenvalue weighted by molar-refractivity contribution is 0.393. The second-order valence-electron chi connectivity index (χ2n) is 4.16. The summed E-state index contributed by atoms with van der Waals surface area (Å²) in [5.74, 6) is 1.73. The lowest BCUT2D eigenvalue weighted by Gasteiger charge is -2.24. The van der Waals surface area contributed by atoms with Gasteiger partial charge < -0.3 is 15.4 Å². The van der Waals surface area contributed by atoms with E-state index in [4.69, 9.17) is 10.5 Å². The molecule has 1 heterocycles. The van der Waals surface area contributed by atoms with Gasteiger partial charge in [0.15, 0.2) is 0 Å². The number of nitrogens with two attached hydrogens (primary N) is 1. The number of halogens is 1. The van der Waals surface area contributed by atoms with Crippen molar-refractivity contribution in [1.29, 1.82) is 0 Å². The highest BCUT2D eigenvalue weighted by molar-refractivity contribution is 9.10. The zero-order chi connectivity index (χ0) is 12.8. The molecule has 1 aromatic rings. The van der Waals surface area contributed by atoms with Crippen LogP contribution in [0.1, 0.15) is 13.8 Å². The SMILES string of the molecule is COc1nc(N(CCN)CC(C)C)ncc1Br. The summed E-state index contributed by atoms with van der Waals surface area (Å²) in [6.07, 6.45) is 1.70. The lowest BCUT2D eigenvalue weighted by Crippen LogP contribution is -2.34. The highest BCUT2D eigenvalue weighted by atomic mass is 79.9. The third kappa shape index (κ3) is 4.12. The normalized spacial score (nSPS) is 10.7. The third-order valence-electron chi connectivity index (χ3n) is 2.16. The lowest BCUT2D eigenvalue weighted by atomic mass is 10.2. The summed E-state index contributed by atoms with van der Waals surface area (Å²) in [6.45, 7) is 6.50. The Morgan fingerprint density at radius 1 is 1.53 bits per heavy atom. The molecule has 0 atom stereocenters. The standard InChI is InChI=1S/C11H19BrN4O/c1-8(2)7-16(5-4-13)11-14-6-9(12)10(15-11)17-3/h6,8H,4-5,7,13H2,1-3H3. The highest BCUT2D eigenvalue weighted by Gasteiger charge is 2.13. The number of methoxy groups -OCH3 is 1. The second-order valence-corrected chi connectivity index (χ2v) is 5.01. The van der Waals surface area contributed by atoms with Gasteiger partial charge in [-0.2, -0.15) is 4.98 Å². The van der Waals surface area contributed by atoms with E-state index in [9.17, 15) is 0 Å². The molecule has 1 rings (SSSR count). The quantitative estimate of drug-likeness (QED) is 0.866. The fourth-order valence-corrected chi connectivity index (χ4v) is 1.86. The number of hydrogen-bond donors (Lipinski definition) is 1. The first kappa shape index (κ1) is 14.2. The van der Waals surface area contributed by atoms with E-state index in [1.165, 1.54) is 0 Å². The van der Waals surface area contributed by atoms with Gasteiger partial charge in [0.25, 0.3) is 0 Å². The minimum Gasteiger partial charge on any atom is -0.480 e. The van der Waals surface area contributed by atoms with E-state index in [2.05, 4.69) is 44.6 Å². The van der Waals surface area contributed by atoms with E-state index < -0.39 is 0 Å². The molecular formula is C11H19BrN4O. The van der Waals surface area contributed by atoms with Crippen molar-refractivity contribution in [3.63, 3.8) is 0 Å². The Balaban J connectivity index is 2.92. The molecule has 0 saturated heterocycles. The molecule has 0 aliphatic heterocycles. The van der Waals surface area contributed by atoms with Crippen LogP contribution in [0.25, 0.3) is 0 Å². The average Bonchev–Trinajstić information content (AvgIpc) is 2.28. The topological polar surface area (TPSA) is 64.3 Å². The zero-order valence-corrected chi connectivity index (χ0v) is 12.1. The van der Waals surface area contributed by atoms with Crippen LogP contribution >= 0.6 is 15.9 Å². The third-order valence-corrected chi connectivity index (χ3v) is 2.70. The number of anilines is 1. The molecule has 6 heteroatoms. The van der Waals surface area contributed by atoms with Crippen molar-refractivity contribution in [2.75, 3.05) is 31.6 Å². The monoisotopic (exact) mass is 302 g/mol. The van der Waals surface area contributed by atoms with E-state index in [1.807, 2.05) is 0 Å². The van der Waals surface area contributed by atoms with E-state index in [-0.39, 0.29) is 0 Å². The number of nitrogens with zero attached hydrogens (tertiary/aromatic N) is 3. The molecule has 5 nitrogen and oxygen atoms in total. The summed E-state index contributed by atoms with van der Waals surface area (Å²) in [7, 11) is 1.59. The molecule has 0 aliphatic carbocycles. The summed E-state index contributed by atoms with van der Waals surface area (Å²) in [6, 6.07) is 0. The molecule has 0 unspecified atom stereocenters. The first-order chi connectivity index (χ1) is 8.08. The second kappa shape index (κ2) is 6.76. The van der Waals surface area contributed by atoms with E-state index in [0.717, 1.165) is 17.6 Å². The van der Waals surface area contributed by atoms with Crippen LogP contribution in [0.4, 0.5) is 5.95 Å². The summed E-state index contributed by atoms with van der Waals surface area (Å²) < 4.78 is 5.91. The maximum Gasteiger partial charge on any atom is 0.232 e. The molecule has 0 fully saturated rings. The first-order valence-electron chi connectivity index (χ1n) is 5.60. The van der Waals surface area contributed by atoms with E-state index >= 15 is 0 Å². The van der Waals surface area contributed by atoms with Crippen molar-refractivity contribution in [2.24, 2.45) is 11.7 Å². The Bertz CT molecular complexity index is 359. The Morgan fingerprint density at radius 3 is 2.76 bits per heavy atom. The van der Waals surface area contributed by atoms with Gasteiger partial charge in [-0.05, 0) is 21.8 Å². The largest absolute Gasteiger partial charge is 0.480 e. The molecule has 0 radical (unpaired) electrons. The Kier molecular flexibility index (Phi) is 5.64. The Morgan fingerprint density at radius 2 is 2.24 bits per heavy atom. The van der Waals surface area contributed by atoms with Gasteiger partial charge in [0, 0.05) is 19.6 Å². The van der Waals surface area contributed by atoms with Crippen molar-refractivity contribution < 1.29 is 4.74 Å². The summed E-state index contributed by atoms with van der Waals surface area (Å²) in [5.41, 5.74) is 5.61. The van der Waals surface area contributed by atoms with Gasteiger partial charge in [-0.3, -0.25) is 0 Å². The van der Waals surface area contributed by atoms with Gasteiger partial charge in [0.1, 0.15) is 0 Å². The van der Waals surface area contributed by atoms with Crippen LogP contribution < -0.4 is 15.4 Å². The van der Waals surface area contributed by atoms with E-state index in [0.29, 0.717) is 24.3 Å². The molecular weight excluding hydrogens is 284 g/mol. The smallest absolute Gasteiger partial charge is 0.232 e. The predicted octanol–water partition coefficient (Wildman–Crippen LogP) is 1.67. The molecule has 0 amide bonds. The van der Waals surface area contributed by atoms with Gasteiger partial charge in [0.05, 0.1) is 17.8 Å². The Hall–Kier alpha value is -0.880. The molecule has 2 N–H and O–H groups in total. The van der Waals surface area contributed by atoms with Crippen LogP contribution in [0.15, 0.2) is 10.7 Å². The van der Waals surface area contributed by atoms with Crippen molar-refractivity contribution in [1.82, 2.24) is 9.97 Å². The number of rotatable bonds is 6. The highest BCUT2D eigenvalue weighted by Crippen LogP contribution is 2.23. The van der Waals surface area contributed by atoms with Crippen molar-refractivity contribution in [3.05, 3.63) is 10.7 Å². The average molecular weight is 303 g/mol. The van der Waals surface area contributed by atoms with Crippen molar-refractivity contribution in [2.45, 2.75) is 13.8 Å². The minimum atomic E-state index is 0.528. The molecule has 0 bridgehead atoms. The first-order valence-corrected chi connectivity index (χ1v) is 6.39. The van der Waals surface area contributed by atoms with Gasteiger partial charge in [0.2, 0.25) is 11.8 Å². The fraction of sp³-hybridized carbons (Fsp3) is 0.636. The maximum atomic E-state index is 5.61. The predicted molar refractivity (Wildman–Crippen MR) is 72.4 cm³/mol. The molecule has 0 aliphatic rings. The maximum absolute atomic E-state index is 5.61. The summed E-state index contributed by atoms with van der Waals surface area (Å²) in [4.78, 5) is 10.7. The number of ether oxygens (including phenoxy) is 1. The van der Waals surface area contributed by atoms with Crippen molar-refractivity contribution in [3.8, 4) is 5.88 Å². The fourth-order valence-electron chi connectivity index (χ4n) is 1.51. The number of hydrogen-bond acceptors (Lipinski definition) is 5. The number of aromatic nitrogens is 2. The van der Waals surface area contributed by atoms with Crippen LogP contribution in [0.5, 0.6) is 5.88 Å². The minimum absolute atomic E-state index is 0.528. The zero-order valence-electron chi connectivity index (χ0n) is 10.5. The molecule has 96 valence electrons.